The number of hydrogen-bond donors (Lipinski definition) is 3. The molecule has 6 nitrogen and oxygen atoms in total. The van der Waals surface area contributed by atoms with Crippen LogP contribution in [0, 0.1) is 6.92 Å². The van der Waals surface area contributed by atoms with Gasteiger partial charge in [0.25, 0.3) is 0 Å². The highest BCUT2D eigenvalue weighted by molar-refractivity contribution is 7.13. The van der Waals surface area contributed by atoms with Gasteiger partial charge in [-0.1, -0.05) is 35.9 Å². The highest BCUT2D eigenvalue weighted by atomic mass is 32.1. The minimum atomic E-state index is -0.280. The van der Waals surface area contributed by atoms with E-state index in [2.05, 4.69) is 20.9 Å². The van der Waals surface area contributed by atoms with Gasteiger partial charge in [0.05, 0.1) is 12.1 Å². The molecule has 3 amide bonds. The van der Waals surface area contributed by atoms with Crippen LogP contribution in [0.3, 0.4) is 0 Å². The Hall–Kier alpha value is -3.19. The summed E-state index contributed by atoms with van der Waals surface area (Å²) >= 11 is 1.53. The number of carbonyl (C=O) groups is 2. The van der Waals surface area contributed by atoms with Gasteiger partial charge in [0.15, 0.2) is 0 Å². The van der Waals surface area contributed by atoms with Crippen LogP contribution >= 0.6 is 11.3 Å². The summed E-state index contributed by atoms with van der Waals surface area (Å²) in [5.41, 5.74) is 4.21. The lowest BCUT2D eigenvalue weighted by Crippen LogP contribution is -2.28. The molecule has 0 spiro atoms. The van der Waals surface area contributed by atoms with Crippen molar-refractivity contribution in [2.45, 2.75) is 20.3 Å². The van der Waals surface area contributed by atoms with Gasteiger partial charge in [-0.2, -0.15) is 0 Å². The molecular formula is C21H22N4O2S. The largest absolute Gasteiger partial charge is 0.338 e. The van der Waals surface area contributed by atoms with Crippen LogP contribution in [0.15, 0.2) is 53.9 Å². The van der Waals surface area contributed by atoms with Crippen molar-refractivity contribution in [3.8, 4) is 10.6 Å². The van der Waals surface area contributed by atoms with E-state index in [0.29, 0.717) is 17.9 Å². The van der Waals surface area contributed by atoms with E-state index in [1.807, 2.05) is 43.5 Å². The van der Waals surface area contributed by atoms with Crippen LogP contribution in [-0.2, 0) is 11.2 Å². The Balaban J connectivity index is 1.60. The van der Waals surface area contributed by atoms with E-state index in [1.165, 1.54) is 16.9 Å². The number of amides is 3. The number of nitrogens with zero attached hydrogens (tertiary/aromatic N) is 1. The first-order chi connectivity index (χ1) is 13.5. The Morgan fingerprint density at radius 2 is 1.75 bits per heavy atom. The van der Waals surface area contributed by atoms with Crippen LogP contribution in [0.1, 0.15) is 18.2 Å². The number of thiazole rings is 1. The lowest BCUT2D eigenvalue weighted by atomic mass is 10.2. The van der Waals surface area contributed by atoms with Crippen LogP contribution in [0.2, 0.25) is 0 Å². The number of hydrogen-bond acceptors (Lipinski definition) is 4. The minimum absolute atomic E-state index is 0.157. The SMILES string of the molecule is CCNC(=O)Nc1cccc(NC(=O)Cc2csc(-c3ccc(C)cc3)n2)c1. The fourth-order valence-corrected chi connectivity index (χ4v) is 3.42. The topological polar surface area (TPSA) is 83.1 Å². The van der Waals surface area contributed by atoms with E-state index in [0.717, 1.165) is 16.3 Å². The third-order valence-electron chi connectivity index (χ3n) is 3.93. The summed E-state index contributed by atoms with van der Waals surface area (Å²) in [4.78, 5) is 28.5. The molecule has 144 valence electrons. The molecule has 0 atom stereocenters. The predicted octanol–water partition coefficient (Wildman–Crippen LogP) is 4.44. The lowest BCUT2D eigenvalue weighted by molar-refractivity contribution is -0.115. The van der Waals surface area contributed by atoms with Gasteiger partial charge in [-0.05, 0) is 32.0 Å². The first-order valence-corrected chi connectivity index (χ1v) is 9.87. The van der Waals surface area contributed by atoms with Gasteiger partial charge in [0.2, 0.25) is 5.91 Å². The number of anilines is 2. The van der Waals surface area contributed by atoms with Gasteiger partial charge < -0.3 is 16.0 Å². The molecule has 3 rings (SSSR count). The highest BCUT2D eigenvalue weighted by Crippen LogP contribution is 2.24. The Labute approximate surface area is 168 Å². The molecule has 0 saturated carbocycles. The average Bonchev–Trinajstić information content (AvgIpc) is 3.11. The second kappa shape index (κ2) is 9.14. The summed E-state index contributed by atoms with van der Waals surface area (Å²) in [6.45, 7) is 4.43. The number of aryl methyl sites for hydroxylation is 1. The van der Waals surface area contributed by atoms with Crippen molar-refractivity contribution in [3.63, 3.8) is 0 Å². The fraction of sp³-hybridized carbons (Fsp3) is 0.190. The summed E-state index contributed by atoms with van der Waals surface area (Å²) in [7, 11) is 0. The fourth-order valence-electron chi connectivity index (χ4n) is 2.60. The molecule has 3 aromatic rings. The number of rotatable bonds is 6. The van der Waals surface area contributed by atoms with Crippen LogP contribution in [0.25, 0.3) is 10.6 Å². The highest BCUT2D eigenvalue weighted by Gasteiger charge is 2.10. The van der Waals surface area contributed by atoms with Gasteiger partial charge in [0.1, 0.15) is 5.01 Å². The van der Waals surface area contributed by atoms with Crippen molar-refractivity contribution in [2.24, 2.45) is 0 Å². The van der Waals surface area contributed by atoms with Gasteiger partial charge >= 0.3 is 6.03 Å². The van der Waals surface area contributed by atoms with E-state index in [9.17, 15) is 9.59 Å². The Morgan fingerprint density at radius 3 is 2.46 bits per heavy atom. The molecule has 0 unspecified atom stereocenters. The number of benzene rings is 2. The van der Waals surface area contributed by atoms with Gasteiger partial charge in [-0.15, -0.1) is 11.3 Å². The van der Waals surface area contributed by atoms with Crippen molar-refractivity contribution in [3.05, 3.63) is 65.2 Å². The monoisotopic (exact) mass is 394 g/mol. The summed E-state index contributed by atoms with van der Waals surface area (Å²) in [5, 5.41) is 11.0. The van der Waals surface area contributed by atoms with E-state index >= 15 is 0 Å². The average molecular weight is 395 g/mol. The van der Waals surface area contributed by atoms with E-state index in [1.54, 1.807) is 24.3 Å². The second-order valence-corrected chi connectivity index (χ2v) is 7.16. The summed E-state index contributed by atoms with van der Waals surface area (Å²) in [6, 6.07) is 14.9. The number of carbonyl (C=O) groups excluding carboxylic acids is 2. The normalized spacial score (nSPS) is 10.4. The predicted molar refractivity (Wildman–Crippen MR) is 114 cm³/mol. The molecule has 1 heterocycles. The number of nitrogens with one attached hydrogen (secondary N) is 3. The standard InChI is InChI=1S/C21H22N4O2S/c1-3-22-21(27)25-17-6-4-5-16(11-17)23-19(26)12-18-13-28-20(24-18)15-9-7-14(2)8-10-15/h4-11,13H,3,12H2,1-2H3,(H,23,26)(H2,22,25,27). The van der Waals surface area contributed by atoms with E-state index in [-0.39, 0.29) is 18.4 Å². The molecular weight excluding hydrogens is 372 g/mol. The van der Waals surface area contributed by atoms with Crippen molar-refractivity contribution in [1.29, 1.82) is 0 Å². The van der Waals surface area contributed by atoms with Crippen LogP contribution < -0.4 is 16.0 Å². The van der Waals surface area contributed by atoms with Gasteiger partial charge in [0, 0.05) is 28.9 Å². The van der Waals surface area contributed by atoms with Gasteiger partial charge in [-0.3, -0.25) is 4.79 Å². The van der Waals surface area contributed by atoms with Gasteiger partial charge in [-0.25, -0.2) is 9.78 Å². The Morgan fingerprint density at radius 1 is 1.04 bits per heavy atom. The Kier molecular flexibility index (Phi) is 6.39. The van der Waals surface area contributed by atoms with E-state index in [4.69, 9.17) is 0 Å². The van der Waals surface area contributed by atoms with Crippen molar-refractivity contribution in [1.82, 2.24) is 10.3 Å². The molecule has 7 heteroatoms. The number of aromatic nitrogens is 1. The van der Waals surface area contributed by atoms with Crippen molar-refractivity contribution < 1.29 is 9.59 Å². The summed E-state index contributed by atoms with van der Waals surface area (Å²) in [5.74, 6) is -0.157. The number of urea groups is 1. The third-order valence-corrected chi connectivity index (χ3v) is 4.87. The van der Waals surface area contributed by atoms with Crippen molar-refractivity contribution >= 4 is 34.6 Å². The summed E-state index contributed by atoms with van der Waals surface area (Å²) in [6.07, 6.45) is 0.191. The first-order valence-electron chi connectivity index (χ1n) is 8.99. The lowest BCUT2D eigenvalue weighted by Gasteiger charge is -2.09. The zero-order valence-corrected chi connectivity index (χ0v) is 16.6. The summed E-state index contributed by atoms with van der Waals surface area (Å²) < 4.78 is 0. The molecule has 2 aromatic carbocycles. The zero-order valence-electron chi connectivity index (χ0n) is 15.8. The molecule has 0 saturated heterocycles. The second-order valence-electron chi connectivity index (χ2n) is 6.30. The molecule has 0 aliphatic carbocycles. The third kappa shape index (κ3) is 5.40. The maximum atomic E-state index is 12.4. The molecule has 0 aliphatic heterocycles. The van der Waals surface area contributed by atoms with Crippen LogP contribution in [0.5, 0.6) is 0 Å². The maximum absolute atomic E-state index is 12.4. The van der Waals surface area contributed by atoms with E-state index < -0.39 is 0 Å². The van der Waals surface area contributed by atoms with Crippen LogP contribution in [-0.4, -0.2) is 23.5 Å². The molecule has 3 N–H and O–H groups in total. The maximum Gasteiger partial charge on any atom is 0.319 e. The molecule has 0 bridgehead atoms. The Bertz CT molecular complexity index is 967. The smallest absolute Gasteiger partial charge is 0.319 e. The first kappa shape index (κ1) is 19.6. The van der Waals surface area contributed by atoms with Crippen molar-refractivity contribution in [2.75, 3.05) is 17.2 Å². The molecule has 0 radical (unpaired) electrons. The quantitative estimate of drug-likeness (QED) is 0.578. The van der Waals surface area contributed by atoms with Crippen LogP contribution in [0.4, 0.5) is 16.2 Å². The molecule has 0 aliphatic rings. The zero-order chi connectivity index (χ0) is 19.9. The molecule has 0 fully saturated rings. The minimum Gasteiger partial charge on any atom is -0.338 e. The molecule has 28 heavy (non-hydrogen) atoms. The molecule has 1 aromatic heterocycles.